The summed E-state index contributed by atoms with van der Waals surface area (Å²) in [6, 6.07) is 8.37. The first-order valence-corrected chi connectivity index (χ1v) is 8.70. The van der Waals surface area contributed by atoms with Gasteiger partial charge >= 0.3 is 0 Å². The number of amides is 1. The van der Waals surface area contributed by atoms with Crippen molar-refractivity contribution in [3.05, 3.63) is 35.4 Å². The summed E-state index contributed by atoms with van der Waals surface area (Å²) in [6.45, 7) is 5.92. The normalized spacial score (nSPS) is 20.9. The molecule has 0 radical (unpaired) electrons. The number of carbonyl (C=O) groups is 1. The molecule has 7 heteroatoms. The summed E-state index contributed by atoms with van der Waals surface area (Å²) in [6.07, 6.45) is 4.02. The number of hydrogen-bond acceptors (Lipinski definition) is 4. The standard InChI is InChI=1S/C18H27N3O2.2ClH/c22-18(17-14-23-11-8-19-17)20-12-15-4-6-16(7-5-15)13-21-9-2-1-3-10-21;;/h4-7,17,19H,1-3,8-14H2,(H,20,22);2*1H. The number of piperidine rings is 1. The molecule has 0 aliphatic carbocycles. The molecule has 1 amide bonds. The van der Waals surface area contributed by atoms with Gasteiger partial charge in [0.05, 0.1) is 13.2 Å². The van der Waals surface area contributed by atoms with Crippen molar-refractivity contribution >= 4 is 30.7 Å². The highest BCUT2D eigenvalue weighted by Gasteiger charge is 2.20. The van der Waals surface area contributed by atoms with Gasteiger partial charge in [0.2, 0.25) is 5.91 Å². The first-order chi connectivity index (χ1) is 11.3. The lowest BCUT2D eigenvalue weighted by molar-refractivity contribution is -0.126. The highest BCUT2D eigenvalue weighted by molar-refractivity contribution is 5.85. The van der Waals surface area contributed by atoms with Crippen LogP contribution in [0.4, 0.5) is 0 Å². The number of ether oxygens (including phenoxy) is 1. The van der Waals surface area contributed by atoms with Gasteiger partial charge in [0.15, 0.2) is 0 Å². The van der Waals surface area contributed by atoms with Crippen LogP contribution in [0.5, 0.6) is 0 Å². The fourth-order valence-electron chi connectivity index (χ4n) is 3.18. The molecule has 1 unspecified atom stereocenters. The lowest BCUT2D eigenvalue weighted by Gasteiger charge is -2.26. The van der Waals surface area contributed by atoms with E-state index < -0.39 is 0 Å². The molecule has 25 heavy (non-hydrogen) atoms. The number of morpholine rings is 1. The van der Waals surface area contributed by atoms with Crippen molar-refractivity contribution in [3.8, 4) is 0 Å². The second kappa shape index (κ2) is 11.7. The predicted molar refractivity (Wildman–Crippen MR) is 105 cm³/mol. The highest BCUT2D eigenvalue weighted by atomic mass is 35.5. The molecule has 0 bridgehead atoms. The molecule has 1 atom stereocenters. The number of nitrogens with one attached hydrogen (secondary N) is 2. The summed E-state index contributed by atoms with van der Waals surface area (Å²) in [5, 5.41) is 6.14. The molecule has 2 fully saturated rings. The zero-order valence-corrected chi connectivity index (χ0v) is 16.2. The SMILES string of the molecule is Cl.Cl.O=C(NCc1ccc(CN2CCCCC2)cc1)C1COCCN1. The molecule has 2 aliphatic rings. The summed E-state index contributed by atoms with van der Waals surface area (Å²) in [7, 11) is 0. The summed E-state index contributed by atoms with van der Waals surface area (Å²) in [4.78, 5) is 14.6. The number of halogens is 2. The van der Waals surface area contributed by atoms with E-state index in [0.717, 1.165) is 18.7 Å². The lowest BCUT2D eigenvalue weighted by Crippen LogP contribution is -2.51. The molecule has 2 aliphatic heterocycles. The quantitative estimate of drug-likeness (QED) is 0.809. The van der Waals surface area contributed by atoms with Crippen LogP contribution >= 0.6 is 24.8 Å². The van der Waals surface area contributed by atoms with E-state index >= 15 is 0 Å². The van der Waals surface area contributed by atoms with Crippen LogP contribution < -0.4 is 10.6 Å². The zero-order chi connectivity index (χ0) is 15.9. The van der Waals surface area contributed by atoms with E-state index in [1.54, 1.807) is 0 Å². The molecule has 3 rings (SSSR count). The Balaban J connectivity index is 0.00000156. The van der Waals surface area contributed by atoms with E-state index in [4.69, 9.17) is 4.74 Å². The molecule has 5 nitrogen and oxygen atoms in total. The first kappa shape index (κ1) is 22.2. The van der Waals surface area contributed by atoms with E-state index in [1.165, 1.54) is 37.9 Å². The highest BCUT2D eigenvalue weighted by Crippen LogP contribution is 2.13. The van der Waals surface area contributed by atoms with Gasteiger partial charge in [-0.2, -0.15) is 0 Å². The van der Waals surface area contributed by atoms with Crippen molar-refractivity contribution in [1.29, 1.82) is 0 Å². The molecule has 0 spiro atoms. The van der Waals surface area contributed by atoms with Gasteiger partial charge in [-0.1, -0.05) is 30.7 Å². The summed E-state index contributed by atoms with van der Waals surface area (Å²) in [5.41, 5.74) is 2.49. The average Bonchev–Trinajstić information content (AvgIpc) is 2.62. The van der Waals surface area contributed by atoms with Gasteiger partial charge in [-0.15, -0.1) is 24.8 Å². The summed E-state index contributed by atoms with van der Waals surface area (Å²) in [5.74, 6) is 0.0158. The fourth-order valence-corrected chi connectivity index (χ4v) is 3.18. The fraction of sp³-hybridized carbons (Fsp3) is 0.611. The molecule has 142 valence electrons. The summed E-state index contributed by atoms with van der Waals surface area (Å²) >= 11 is 0. The Labute approximate surface area is 162 Å². The Morgan fingerprint density at radius 1 is 1.12 bits per heavy atom. The molecular formula is C18H29Cl2N3O2. The van der Waals surface area contributed by atoms with Gasteiger partial charge < -0.3 is 15.4 Å². The third-order valence-electron chi connectivity index (χ3n) is 4.58. The molecule has 0 aromatic heterocycles. The van der Waals surface area contributed by atoms with Crippen LogP contribution in [0.3, 0.4) is 0 Å². The third kappa shape index (κ3) is 7.12. The minimum absolute atomic E-state index is 0. The van der Waals surface area contributed by atoms with E-state index in [9.17, 15) is 4.79 Å². The minimum atomic E-state index is -0.220. The number of nitrogens with zero attached hydrogens (tertiary/aromatic N) is 1. The molecule has 0 saturated carbocycles. The number of benzene rings is 1. The Hall–Kier alpha value is -0.850. The third-order valence-corrected chi connectivity index (χ3v) is 4.58. The Bertz CT molecular complexity index is 502. The van der Waals surface area contributed by atoms with Gasteiger partial charge in [-0.3, -0.25) is 9.69 Å². The Kier molecular flexibility index (Phi) is 10.4. The van der Waals surface area contributed by atoms with Gasteiger partial charge in [0.1, 0.15) is 6.04 Å². The molecule has 1 aromatic carbocycles. The predicted octanol–water partition coefficient (Wildman–Crippen LogP) is 2.12. The van der Waals surface area contributed by atoms with Crippen molar-refractivity contribution in [2.24, 2.45) is 0 Å². The van der Waals surface area contributed by atoms with Crippen molar-refractivity contribution in [2.75, 3.05) is 32.8 Å². The van der Waals surface area contributed by atoms with Crippen molar-refractivity contribution in [2.45, 2.75) is 38.4 Å². The van der Waals surface area contributed by atoms with E-state index in [2.05, 4.69) is 39.8 Å². The number of hydrogen-bond donors (Lipinski definition) is 2. The molecule has 2 saturated heterocycles. The molecule has 1 aromatic rings. The van der Waals surface area contributed by atoms with Crippen LogP contribution in [-0.4, -0.2) is 49.7 Å². The molecule has 2 heterocycles. The van der Waals surface area contributed by atoms with Gasteiger partial charge in [0, 0.05) is 19.6 Å². The van der Waals surface area contributed by atoms with Gasteiger partial charge in [-0.25, -0.2) is 0 Å². The zero-order valence-electron chi connectivity index (χ0n) is 14.5. The summed E-state index contributed by atoms with van der Waals surface area (Å²) < 4.78 is 5.32. The maximum absolute atomic E-state index is 12.0. The van der Waals surface area contributed by atoms with Crippen LogP contribution in [0.25, 0.3) is 0 Å². The van der Waals surface area contributed by atoms with E-state index in [-0.39, 0.29) is 36.8 Å². The van der Waals surface area contributed by atoms with Crippen LogP contribution in [0.1, 0.15) is 30.4 Å². The maximum atomic E-state index is 12.0. The van der Waals surface area contributed by atoms with Crippen LogP contribution in [0.15, 0.2) is 24.3 Å². The Morgan fingerprint density at radius 2 is 1.80 bits per heavy atom. The topological polar surface area (TPSA) is 53.6 Å². The smallest absolute Gasteiger partial charge is 0.239 e. The lowest BCUT2D eigenvalue weighted by atomic mass is 10.1. The van der Waals surface area contributed by atoms with Gasteiger partial charge in [-0.05, 0) is 37.1 Å². The van der Waals surface area contributed by atoms with E-state index in [1.807, 2.05) is 0 Å². The first-order valence-electron chi connectivity index (χ1n) is 8.70. The molecular weight excluding hydrogens is 361 g/mol. The minimum Gasteiger partial charge on any atom is -0.378 e. The van der Waals surface area contributed by atoms with Crippen molar-refractivity contribution in [3.63, 3.8) is 0 Å². The maximum Gasteiger partial charge on any atom is 0.239 e. The van der Waals surface area contributed by atoms with Crippen molar-refractivity contribution in [1.82, 2.24) is 15.5 Å². The second-order valence-corrected chi connectivity index (χ2v) is 6.45. The van der Waals surface area contributed by atoms with Crippen LogP contribution in [0, 0.1) is 0 Å². The number of likely N-dealkylation sites (tertiary alicyclic amines) is 1. The second-order valence-electron chi connectivity index (χ2n) is 6.45. The average molecular weight is 390 g/mol. The monoisotopic (exact) mass is 389 g/mol. The molecule has 2 N–H and O–H groups in total. The van der Waals surface area contributed by atoms with Gasteiger partial charge in [0.25, 0.3) is 0 Å². The largest absolute Gasteiger partial charge is 0.378 e. The number of rotatable bonds is 5. The Morgan fingerprint density at radius 3 is 2.44 bits per heavy atom. The van der Waals surface area contributed by atoms with E-state index in [0.29, 0.717) is 19.8 Å². The van der Waals surface area contributed by atoms with Crippen molar-refractivity contribution < 1.29 is 9.53 Å². The van der Waals surface area contributed by atoms with Crippen LogP contribution in [-0.2, 0) is 22.6 Å². The van der Waals surface area contributed by atoms with Crippen LogP contribution in [0.2, 0.25) is 0 Å². The number of carbonyl (C=O) groups excluding carboxylic acids is 1.